The number of hydrogen-bond acceptors (Lipinski definition) is 3. The Labute approximate surface area is 136 Å². The highest BCUT2D eigenvalue weighted by molar-refractivity contribution is 6.19. The first-order chi connectivity index (χ1) is 11.3. The maximum Gasteiger partial charge on any atom is 0.573 e. The van der Waals surface area contributed by atoms with Crippen LogP contribution in [0.1, 0.15) is 11.1 Å². The van der Waals surface area contributed by atoms with Crippen molar-refractivity contribution >= 4 is 17.3 Å². The first-order valence-corrected chi connectivity index (χ1v) is 7.12. The lowest BCUT2D eigenvalue weighted by Gasteiger charge is -2.19. The molecule has 1 heterocycles. The van der Waals surface area contributed by atoms with Crippen molar-refractivity contribution in [3.63, 3.8) is 0 Å². The van der Waals surface area contributed by atoms with Crippen LogP contribution in [0.3, 0.4) is 0 Å². The SMILES string of the molecule is CN1C(=O)CN=C(c2ccccc2)c2cc(OC(F)(F)F)ccc21. The normalized spacial score (nSPS) is 14.8. The molecule has 0 spiro atoms. The van der Waals surface area contributed by atoms with E-state index < -0.39 is 6.36 Å². The van der Waals surface area contributed by atoms with E-state index in [9.17, 15) is 18.0 Å². The van der Waals surface area contributed by atoms with Crippen LogP contribution in [0, 0.1) is 0 Å². The van der Waals surface area contributed by atoms with E-state index in [1.54, 1.807) is 31.3 Å². The van der Waals surface area contributed by atoms with Crippen LogP contribution in [-0.2, 0) is 4.79 Å². The number of fused-ring (bicyclic) bond motifs is 1. The third-order valence-corrected chi connectivity index (χ3v) is 3.61. The van der Waals surface area contributed by atoms with Gasteiger partial charge in [-0.1, -0.05) is 30.3 Å². The number of hydrogen-bond donors (Lipinski definition) is 0. The molecule has 0 bridgehead atoms. The first-order valence-electron chi connectivity index (χ1n) is 7.12. The lowest BCUT2D eigenvalue weighted by molar-refractivity contribution is -0.274. The van der Waals surface area contributed by atoms with Gasteiger partial charge >= 0.3 is 6.36 Å². The van der Waals surface area contributed by atoms with Crippen molar-refractivity contribution in [1.29, 1.82) is 0 Å². The Kier molecular flexibility index (Phi) is 4.01. The van der Waals surface area contributed by atoms with Crippen molar-refractivity contribution in [2.24, 2.45) is 4.99 Å². The molecule has 24 heavy (non-hydrogen) atoms. The van der Waals surface area contributed by atoms with E-state index in [4.69, 9.17) is 0 Å². The molecule has 2 aromatic rings. The molecule has 0 saturated heterocycles. The molecule has 0 aliphatic carbocycles. The van der Waals surface area contributed by atoms with Gasteiger partial charge in [0.25, 0.3) is 0 Å². The molecule has 0 unspecified atom stereocenters. The van der Waals surface area contributed by atoms with E-state index in [1.165, 1.54) is 23.1 Å². The molecule has 7 heteroatoms. The van der Waals surface area contributed by atoms with Crippen molar-refractivity contribution in [3.05, 3.63) is 59.7 Å². The first kappa shape index (κ1) is 16.0. The molecule has 124 valence electrons. The van der Waals surface area contributed by atoms with E-state index in [2.05, 4.69) is 9.73 Å². The third kappa shape index (κ3) is 3.24. The predicted octanol–water partition coefficient (Wildman–Crippen LogP) is 3.40. The molecular formula is C17H13F3N2O2. The molecule has 0 aromatic heterocycles. The Bertz CT molecular complexity index is 801. The van der Waals surface area contributed by atoms with Gasteiger partial charge in [-0.3, -0.25) is 9.79 Å². The maximum atomic E-state index is 12.5. The van der Waals surface area contributed by atoms with Crippen LogP contribution >= 0.6 is 0 Å². The third-order valence-electron chi connectivity index (χ3n) is 3.61. The van der Waals surface area contributed by atoms with Gasteiger partial charge in [0.05, 0.1) is 11.4 Å². The van der Waals surface area contributed by atoms with E-state index in [-0.39, 0.29) is 18.2 Å². The van der Waals surface area contributed by atoms with Crippen LogP contribution < -0.4 is 9.64 Å². The number of carbonyl (C=O) groups is 1. The van der Waals surface area contributed by atoms with Gasteiger partial charge in [-0.15, -0.1) is 13.2 Å². The number of benzodiazepines with no additional fused rings is 1. The molecule has 1 aliphatic rings. The number of halogens is 3. The van der Waals surface area contributed by atoms with Gasteiger partial charge < -0.3 is 9.64 Å². The summed E-state index contributed by atoms with van der Waals surface area (Å²) in [6.45, 7) is -0.0785. The fourth-order valence-corrected chi connectivity index (χ4v) is 2.51. The molecule has 1 amide bonds. The van der Waals surface area contributed by atoms with Gasteiger partial charge in [-0.05, 0) is 18.2 Å². The van der Waals surface area contributed by atoms with Crippen LogP contribution in [0.5, 0.6) is 5.75 Å². The van der Waals surface area contributed by atoms with Crippen molar-refractivity contribution in [2.75, 3.05) is 18.5 Å². The summed E-state index contributed by atoms with van der Waals surface area (Å²) < 4.78 is 41.5. The van der Waals surface area contributed by atoms with E-state index in [0.29, 0.717) is 22.5 Å². The molecule has 0 atom stereocenters. The van der Waals surface area contributed by atoms with Gasteiger partial charge in [-0.25, -0.2) is 0 Å². The Balaban J connectivity index is 2.14. The number of alkyl halides is 3. The number of likely N-dealkylation sites (N-methyl/N-ethyl adjacent to an activating group) is 1. The van der Waals surface area contributed by atoms with Crippen molar-refractivity contribution in [3.8, 4) is 5.75 Å². The molecule has 0 N–H and O–H groups in total. The van der Waals surface area contributed by atoms with Crippen LogP contribution in [0.15, 0.2) is 53.5 Å². The van der Waals surface area contributed by atoms with Gasteiger partial charge in [0.2, 0.25) is 5.91 Å². The number of ether oxygens (including phenoxy) is 1. The average Bonchev–Trinajstić information content (AvgIpc) is 2.65. The summed E-state index contributed by atoms with van der Waals surface area (Å²) in [5.74, 6) is -0.598. The second-order valence-corrected chi connectivity index (χ2v) is 5.21. The summed E-state index contributed by atoms with van der Waals surface area (Å²) in [5.41, 5.74) is 2.06. The number of carbonyl (C=O) groups excluding carboxylic acids is 1. The Morgan fingerprint density at radius 2 is 1.83 bits per heavy atom. The minimum Gasteiger partial charge on any atom is -0.406 e. The van der Waals surface area contributed by atoms with Crippen molar-refractivity contribution < 1.29 is 22.7 Å². The van der Waals surface area contributed by atoms with Crippen LogP contribution in [-0.4, -0.2) is 31.6 Å². The quantitative estimate of drug-likeness (QED) is 0.845. The van der Waals surface area contributed by atoms with Gasteiger partial charge in [0.15, 0.2) is 0 Å². The zero-order chi connectivity index (χ0) is 17.3. The lowest BCUT2D eigenvalue weighted by Crippen LogP contribution is -2.27. The van der Waals surface area contributed by atoms with E-state index >= 15 is 0 Å². The molecule has 2 aromatic carbocycles. The monoisotopic (exact) mass is 334 g/mol. The molecular weight excluding hydrogens is 321 g/mol. The predicted molar refractivity (Wildman–Crippen MR) is 83.5 cm³/mol. The highest BCUT2D eigenvalue weighted by atomic mass is 19.4. The summed E-state index contributed by atoms with van der Waals surface area (Å²) in [6.07, 6.45) is -4.79. The second-order valence-electron chi connectivity index (χ2n) is 5.21. The van der Waals surface area contributed by atoms with Crippen molar-refractivity contribution in [1.82, 2.24) is 0 Å². The number of anilines is 1. The Morgan fingerprint density at radius 1 is 1.12 bits per heavy atom. The second kappa shape index (κ2) is 5.99. The number of aliphatic imine (C=N–C) groups is 1. The van der Waals surface area contributed by atoms with Gasteiger partial charge in [0, 0.05) is 18.2 Å². The lowest BCUT2D eigenvalue weighted by atomic mass is 10.00. The Morgan fingerprint density at radius 3 is 2.50 bits per heavy atom. The van der Waals surface area contributed by atoms with Crippen molar-refractivity contribution in [2.45, 2.75) is 6.36 Å². The summed E-state index contributed by atoms with van der Waals surface area (Å²) in [7, 11) is 1.56. The highest BCUT2D eigenvalue weighted by Crippen LogP contribution is 2.32. The standard InChI is InChI=1S/C17H13F3N2O2/c1-22-14-8-7-12(24-17(18,19)20)9-13(14)16(21-10-15(22)23)11-5-3-2-4-6-11/h2-9H,10H2,1H3. The summed E-state index contributed by atoms with van der Waals surface area (Å²) in [5, 5.41) is 0. The Hall–Kier alpha value is -2.83. The summed E-state index contributed by atoms with van der Waals surface area (Å²) in [6, 6.07) is 12.9. The fourth-order valence-electron chi connectivity index (χ4n) is 2.51. The molecule has 1 aliphatic heterocycles. The minimum absolute atomic E-state index is 0.0785. The zero-order valence-corrected chi connectivity index (χ0v) is 12.7. The van der Waals surface area contributed by atoms with Gasteiger partial charge in [0.1, 0.15) is 12.3 Å². The number of rotatable bonds is 2. The fraction of sp³-hybridized carbons (Fsp3) is 0.176. The van der Waals surface area contributed by atoms with Crippen LogP contribution in [0.4, 0.5) is 18.9 Å². The smallest absolute Gasteiger partial charge is 0.406 e. The zero-order valence-electron chi connectivity index (χ0n) is 12.7. The molecule has 0 radical (unpaired) electrons. The summed E-state index contributed by atoms with van der Waals surface area (Å²) >= 11 is 0. The largest absolute Gasteiger partial charge is 0.573 e. The maximum absolute atomic E-state index is 12.5. The number of nitrogens with zero attached hydrogens (tertiary/aromatic N) is 2. The molecule has 3 rings (SSSR count). The molecule has 4 nitrogen and oxygen atoms in total. The molecule has 0 fully saturated rings. The van der Waals surface area contributed by atoms with Gasteiger partial charge in [-0.2, -0.15) is 0 Å². The number of amides is 1. The van der Waals surface area contributed by atoms with Crippen LogP contribution in [0.2, 0.25) is 0 Å². The summed E-state index contributed by atoms with van der Waals surface area (Å²) in [4.78, 5) is 17.7. The topological polar surface area (TPSA) is 41.9 Å². The average molecular weight is 334 g/mol. The van der Waals surface area contributed by atoms with Crippen LogP contribution in [0.25, 0.3) is 0 Å². The molecule has 0 saturated carbocycles. The van der Waals surface area contributed by atoms with E-state index in [0.717, 1.165) is 0 Å². The number of benzene rings is 2. The highest BCUT2D eigenvalue weighted by Gasteiger charge is 2.32. The minimum atomic E-state index is -4.79. The van der Waals surface area contributed by atoms with E-state index in [1.807, 2.05) is 6.07 Å².